The second kappa shape index (κ2) is 6.18. The van der Waals surface area contributed by atoms with E-state index in [9.17, 15) is 9.59 Å². The minimum atomic E-state index is -0.281. The van der Waals surface area contributed by atoms with Crippen molar-refractivity contribution in [3.05, 3.63) is 78.1 Å². The van der Waals surface area contributed by atoms with Gasteiger partial charge in [0.2, 0.25) is 0 Å². The molecule has 0 fully saturated rings. The molecule has 0 aliphatic rings. The minimum absolute atomic E-state index is 0.0326. The third-order valence-corrected chi connectivity index (χ3v) is 3.44. The van der Waals surface area contributed by atoms with Gasteiger partial charge in [-0.05, 0) is 22.9 Å². The summed E-state index contributed by atoms with van der Waals surface area (Å²) < 4.78 is 0. The van der Waals surface area contributed by atoms with Gasteiger partial charge in [0, 0.05) is 23.5 Å². The molecule has 0 radical (unpaired) electrons. The molecule has 0 saturated carbocycles. The van der Waals surface area contributed by atoms with Crippen LogP contribution < -0.4 is 5.32 Å². The van der Waals surface area contributed by atoms with Gasteiger partial charge in [-0.25, -0.2) is 0 Å². The Morgan fingerprint density at radius 2 is 1.64 bits per heavy atom. The molecular formula is C18H14N2O2. The zero-order chi connectivity index (χ0) is 15.4. The molecule has 0 saturated heterocycles. The number of aromatic nitrogens is 1. The van der Waals surface area contributed by atoms with E-state index in [0.29, 0.717) is 11.1 Å². The Morgan fingerprint density at radius 3 is 2.45 bits per heavy atom. The monoisotopic (exact) mass is 290 g/mol. The fraction of sp³-hybridized carbons (Fsp3) is 0.0556. The summed E-state index contributed by atoms with van der Waals surface area (Å²) >= 11 is 0. The molecule has 22 heavy (non-hydrogen) atoms. The highest BCUT2D eigenvalue weighted by Gasteiger charge is 2.12. The lowest BCUT2D eigenvalue weighted by molar-refractivity contribution is 0.0904. The Balaban J connectivity index is 1.76. The molecule has 0 unspecified atom stereocenters. The fourth-order valence-corrected chi connectivity index (χ4v) is 2.33. The summed E-state index contributed by atoms with van der Waals surface area (Å²) in [6.45, 7) is -0.0326. The van der Waals surface area contributed by atoms with Gasteiger partial charge in [0.25, 0.3) is 5.91 Å². The van der Waals surface area contributed by atoms with Crippen molar-refractivity contribution in [3.63, 3.8) is 0 Å². The molecule has 0 atom stereocenters. The molecule has 4 heteroatoms. The molecule has 3 rings (SSSR count). The Labute approximate surface area is 127 Å². The first-order valence-electron chi connectivity index (χ1n) is 6.95. The number of Topliss-reactive ketones (excluding diaryl/α,β-unsaturated/α-hetero) is 1. The Kier molecular flexibility index (Phi) is 3.92. The molecule has 108 valence electrons. The lowest BCUT2D eigenvalue weighted by Crippen LogP contribution is -2.29. The number of benzene rings is 2. The lowest BCUT2D eigenvalue weighted by atomic mass is 10.0. The molecule has 2 aromatic carbocycles. The van der Waals surface area contributed by atoms with E-state index in [-0.39, 0.29) is 18.2 Å². The van der Waals surface area contributed by atoms with E-state index in [4.69, 9.17) is 0 Å². The summed E-state index contributed by atoms with van der Waals surface area (Å²) in [5.74, 6) is -0.393. The topological polar surface area (TPSA) is 59.1 Å². The number of pyridine rings is 1. The van der Waals surface area contributed by atoms with Gasteiger partial charge in [0.15, 0.2) is 5.78 Å². The Bertz CT molecular complexity index is 823. The predicted molar refractivity (Wildman–Crippen MR) is 84.8 cm³/mol. The standard InChI is InChI=1S/C18H14N2O2/c21-17(12-20-18(22)14-8-10-19-11-9-14)16-7-3-5-13-4-1-2-6-15(13)16/h1-11H,12H2,(H,20,22). The second-order valence-corrected chi connectivity index (χ2v) is 4.87. The van der Waals surface area contributed by atoms with Gasteiger partial charge in [0.05, 0.1) is 6.54 Å². The Hall–Kier alpha value is -3.01. The molecule has 1 N–H and O–H groups in total. The van der Waals surface area contributed by atoms with Crippen LogP contribution in [0.4, 0.5) is 0 Å². The molecule has 1 heterocycles. The van der Waals surface area contributed by atoms with Crippen molar-refractivity contribution in [2.24, 2.45) is 0 Å². The van der Waals surface area contributed by atoms with Gasteiger partial charge in [-0.1, -0.05) is 42.5 Å². The van der Waals surface area contributed by atoms with E-state index < -0.39 is 0 Å². The molecule has 3 aromatic rings. The van der Waals surface area contributed by atoms with Crippen molar-refractivity contribution in [2.45, 2.75) is 0 Å². The summed E-state index contributed by atoms with van der Waals surface area (Å²) in [6, 6.07) is 16.5. The highest BCUT2D eigenvalue weighted by Crippen LogP contribution is 2.18. The SMILES string of the molecule is O=C(NCC(=O)c1cccc2ccccc12)c1ccncc1. The highest BCUT2D eigenvalue weighted by molar-refractivity contribution is 6.10. The highest BCUT2D eigenvalue weighted by atomic mass is 16.2. The van der Waals surface area contributed by atoms with Crippen molar-refractivity contribution in [3.8, 4) is 0 Å². The molecule has 0 aliphatic carbocycles. The van der Waals surface area contributed by atoms with Crippen LogP contribution in [0.3, 0.4) is 0 Å². The first-order chi connectivity index (χ1) is 10.8. The lowest BCUT2D eigenvalue weighted by Gasteiger charge is -2.07. The number of nitrogens with one attached hydrogen (secondary N) is 1. The largest absolute Gasteiger partial charge is 0.345 e. The van der Waals surface area contributed by atoms with E-state index >= 15 is 0 Å². The molecule has 1 amide bonds. The summed E-state index contributed by atoms with van der Waals surface area (Å²) in [5.41, 5.74) is 1.11. The van der Waals surface area contributed by atoms with Crippen molar-refractivity contribution in [1.29, 1.82) is 0 Å². The van der Waals surface area contributed by atoms with Crippen molar-refractivity contribution < 1.29 is 9.59 Å². The van der Waals surface area contributed by atoms with Crippen LogP contribution in [-0.2, 0) is 0 Å². The van der Waals surface area contributed by atoms with Crippen LogP contribution in [0.5, 0.6) is 0 Å². The van der Waals surface area contributed by atoms with Crippen molar-refractivity contribution >= 4 is 22.5 Å². The van der Waals surface area contributed by atoms with Crippen LogP contribution >= 0.6 is 0 Å². The van der Waals surface area contributed by atoms with Gasteiger partial charge in [-0.2, -0.15) is 0 Å². The molecule has 0 spiro atoms. The molecule has 0 bridgehead atoms. The van der Waals surface area contributed by atoms with Crippen LogP contribution in [0.25, 0.3) is 10.8 Å². The van der Waals surface area contributed by atoms with Gasteiger partial charge >= 0.3 is 0 Å². The van der Waals surface area contributed by atoms with E-state index in [1.165, 1.54) is 0 Å². The van der Waals surface area contributed by atoms with Crippen molar-refractivity contribution in [1.82, 2.24) is 10.3 Å². The smallest absolute Gasteiger partial charge is 0.251 e. The average molecular weight is 290 g/mol. The zero-order valence-corrected chi connectivity index (χ0v) is 11.8. The third-order valence-electron chi connectivity index (χ3n) is 3.44. The number of amides is 1. The maximum absolute atomic E-state index is 12.4. The van der Waals surface area contributed by atoms with Gasteiger partial charge in [-0.15, -0.1) is 0 Å². The number of hydrogen-bond donors (Lipinski definition) is 1. The third kappa shape index (κ3) is 2.86. The molecule has 4 nitrogen and oxygen atoms in total. The molecule has 0 aliphatic heterocycles. The van der Waals surface area contributed by atoms with Crippen LogP contribution in [0.2, 0.25) is 0 Å². The summed E-state index contributed by atoms with van der Waals surface area (Å²) in [6.07, 6.45) is 3.09. The molecule has 1 aromatic heterocycles. The number of carbonyl (C=O) groups is 2. The number of hydrogen-bond acceptors (Lipinski definition) is 3. The number of nitrogens with zero attached hydrogens (tertiary/aromatic N) is 1. The maximum Gasteiger partial charge on any atom is 0.251 e. The number of fused-ring (bicyclic) bond motifs is 1. The van der Waals surface area contributed by atoms with Crippen molar-refractivity contribution in [2.75, 3.05) is 6.54 Å². The van der Waals surface area contributed by atoms with E-state index in [2.05, 4.69) is 10.3 Å². The van der Waals surface area contributed by atoms with Crippen LogP contribution in [0.15, 0.2) is 67.0 Å². The quantitative estimate of drug-likeness (QED) is 0.752. The number of carbonyl (C=O) groups excluding carboxylic acids is 2. The first kappa shape index (κ1) is 13.9. The van der Waals surface area contributed by atoms with E-state index in [1.807, 2.05) is 36.4 Å². The number of ketones is 1. The second-order valence-electron chi connectivity index (χ2n) is 4.87. The van der Waals surface area contributed by atoms with Crippen LogP contribution in [0, 0.1) is 0 Å². The van der Waals surface area contributed by atoms with Gasteiger partial charge < -0.3 is 5.32 Å². The first-order valence-corrected chi connectivity index (χ1v) is 6.95. The summed E-state index contributed by atoms with van der Waals surface area (Å²) in [4.78, 5) is 28.2. The average Bonchev–Trinajstić information content (AvgIpc) is 2.59. The van der Waals surface area contributed by atoms with Crippen LogP contribution in [-0.4, -0.2) is 23.2 Å². The normalized spacial score (nSPS) is 10.4. The summed E-state index contributed by atoms with van der Waals surface area (Å²) in [7, 11) is 0. The summed E-state index contributed by atoms with van der Waals surface area (Å²) in [5, 5.41) is 4.55. The fourth-order valence-electron chi connectivity index (χ4n) is 2.33. The predicted octanol–water partition coefficient (Wildman–Crippen LogP) is 2.85. The van der Waals surface area contributed by atoms with E-state index in [1.54, 1.807) is 30.6 Å². The van der Waals surface area contributed by atoms with Gasteiger partial charge in [0.1, 0.15) is 0 Å². The zero-order valence-electron chi connectivity index (χ0n) is 11.8. The van der Waals surface area contributed by atoms with E-state index in [0.717, 1.165) is 10.8 Å². The maximum atomic E-state index is 12.4. The number of rotatable bonds is 4. The molecular weight excluding hydrogens is 276 g/mol. The van der Waals surface area contributed by atoms with Crippen LogP contribution in [0.1, 0.15) is 20.7 Å². The van der Waals surface area contributed by atoms with Gasteiger partial charge in [-0.3, -0.25) is 14.6 Å². The minimum Gasteiger partial charge on any atom is -0.345 e. The Morgan fingerprint density at radius 1 is 0.909 bits per heavy atom.